The third kappa shape index (κ3) is 4.84. The van der Waals surface area contributed by atoms with Gasteiger partial charge in [0.05, 0.1) is 19.7 Å². The number of aliphatic imine (C=N–C) groups is 1. The zero-order chi connectivity index (χ0) is 11.6. The van der Waals surface area contributed by atoms with Crippen LogP contribution >= 0.6 is 0 Å². The Morgan fingerprint density at radius 1 is 1.44 bits per heavy atom. The second-order valence-electron chi connectivity index (χ2n) is 3.48. The molecule has 4 nitrogen and oxygen atoms in total. The molecule has 86 valence electrons. The molecule has 1 rings (SSSR count). The summed E-state index contributed by atoms with van der Waals surface area (Å²) in [7, 11) is 1.56. The highest BCUT2D eigenvalue weighted by Gasteiger charge is 2.07. The second-order valence-corrected chi connectivity index (χ2v) is 3.48. The summed E-state index contributed by atoms with van der Waals surface area (Å²) in [4.78, 5) is 18.4. The Balaban J connectivity index is 2.40. The summed E-state index contributed by atoms with van der Waals surface area (Å²) >= 11 is 0. The molecule has 0 fully saturated rings. The fourth-order valence-corrected chi connectivity index (χ4v) is 1.49. The van der Waals surface area contributed by atoms with Crippen molar-refractivity contribution in [1.29, 1.82) is 0 Å². The molecule has 1 aromatic carbocycles. The molecule has 16 heavy (non-hydrogen) atoms. The van der Waals surface area contributed by atoms with Gasteiger partial charge in [0.15, 0.2) is 0 Å². The third-order valence-corrected chi connectivity index (χ3v) is 2.29. The molecule has 0 aliphatic rings. The molecule has 0 saturated heterocycles. The zero-order valence-corrected chi connectivity index (χ0v) is 9.35. The van der Waals surface area contributed by atoms with E-state index in [2.05, 4.69) is 22.6 Å². The predicted molar refractivity (Wildman–Crippen MR) is 61.7 cm³/mol. The second kappa shape index (κ2) is 7.77. The molecular formula is C12H16N2O2. The number of nitrogens with one attached hydrogen (secondary N) is 1. The lowest BCUT2D eigenvalue weighted by Gasteiger charge is -2.13. The Hall–Kier alpha value is -1.48. The largest absolute Gasteiger partial charge is 0.305 e. The lowest BCUT2D eigenvalue weighted by atomic mass is 10.1. The van der Waals surface area contributed by atoms with E-state index in [4.69, 9.17) is 4.84 Å². The number of benzene rings is 1. The van der Waals surface area contributed by atoms with Crippen molar-refractivity contribution in [3.8, 4) is 0 Å². The maximum Gasteiger partial charge on any atom is 0.234 e. The van der Waals surface area contributed by atoms with Crippen LogP contribution in [-0.2, 0) is 16.1 Å². The van der Waals surface area contributed by atoms with Crippen molar-refractivity contribution < 1.29 is 9.63 Å². The highest BCUT2D eigenvalue weighted by molar-refractivity contribution is 5.32. The van der Waals surface area contributed by atoms with Gasteiger partial charge in [0.2, 0.25) is 6.08 Å². The molecule has 1 atom stereocenters. The van der Waals surface area contributed by atoms with Gasteiger partial charge in [-0.2, -0.15) is 5.48 Å². The molecule has 0 aliphatic carbocycles. The van der Waals surface area contributed by atoms with E-state index in [1.807, 2.05) is 18.2 Å². The standard InChI is InChI=1S/C12H16N2O2/c1-16-14-12(9-13-10-15)8-7-11-5-3-2-4-6-11/h2-6,12,14H,7-9H2,1H3. The van der Waals surface area contributed by atoms with Crippen LogP contribution in [0.5, 0.6) is 0 Å². The topological polar surface area (TPSA) is 50.7 Å². The van der Waals surface area contributed by atoms with Crippen molar-refractivity contribution in [3.63, 3.8) is 0 Å². The van der Waals surface area contributed by atoms with Crippen LogP contribution in [0, 0.1) is 0 Å². The summed E-state index contributed by atoms with van der Waals surface area (Å²) in [6.45, 7) is 0.393. The summed E-state index contributed by atoms with van der Waals surface area (Å²) in [5.41, 5.74) is 4.08. The zero-order valence-electron chi connectivity index (χ0n) is 9.35. The van der Waals surface area contributed by atoms with Gasteiger partial charge in [-0.1, -0.05) is 30.3 Å². The van der Waals surface area contributed by atoms with Crippen molar-refractivity contribution in [2.75, 3.05) is 13.7 Å². The molecule has 0 aliphatic heterocycles. The quantitative estimate of drug-likeness (QED) is 0.430. The smallest absolute Gasteiger partial charge is 0.234 e. The van der Waals surface area contributed by atoms with Crippen molar-refractivity contribution in [2.24, 2.45) is 4.99 Å². The normalized spacial score (nSPS) is 11.8. The van der Waals surface area contributed by atoms with E-state index in [0.29, 0.717) is 6.54 Å². The molecule has 1 aromatic rings. The minimum Gasteiger partial charge on any atom is -0.305 e. The maximum atomic E-state index is 10.0. The molecular weight excluding hydrogens is 204 g/mol. The van der Waals surface area contributed by atoms with Crippen LogP contribution in [0.3, 0.4) is 0 Å². The highest BCUT2D eigenvalue weighted by Crippen LogP contribution is 2.05. The number of rotatable bonds is 7. The van der Waals surface area contributed by atoms with Crippen LogP contribution in [-0.4, -0.2) is 25.8 Å². The molecule has 1 unspecified atom stereocenters. The third-order valence-electron chi connectivity index (χ3n) is 2.29. The van der Waals surface area contributed by atoms with E-state index < -0.39 is 0 Å². The van der Waals surface area contributed by atoms with Crippen LogP contribution < -0.4 is 5.48 Å². The summed E-state index contributed by atoms with van der Waals surface area (Å²) in [6.07, 6.45) is 3.33. The van der Waals surface area contributed by atoms with Crippen molar-refractivity contribution in [2.45, 2.75) is 18.9 Å². The fraction of sp³-hybridized carbons (Fsp3) is 0.417. The minimum atomic E-state index is 0.0478. The number of hydrogen-bond donors (Lipinski definition) is 1. The lowest BCUT2D eigenvalue weighted by Crippen LogP contribution is -2.31. The van der Waals surface area contributed by atoms with E-state index in [1.54, 1.807) is 7.11 Å². The van der Waals surface area contributed by atoms with Crippen molar-refractivity contribution >= 4 is 6.08 Å². The van der Waals surface area contributed by atoms with E-state index in [1.165, 1.54) is 11.6 Å². The van der Waals surface area contributed by atoms with Gasteiger partial charge in [-0.25, -0.2) is 9.79 Å². The summed E-state index contributed by atoms with van der Waals surface area (Å²) in [5, 5.41) is 0. The van der Waals surface area contributed by atoms with Crippen LogP contribution in [0.4, 0.5) is 0 Å². The molecule has 0 heterocycles. The Morgan fingerprint density at radius 3 is 2.81 bits per heavy atom. The molecule has 0 bridgehead atoms. The highest BCUT2D eigenvalue weighted by atomic mass is 16.6. The first-order chi connectivity index (χ1) is 7.86. The Labute approximate surface area is 95.3 Å². The van der Waals surface area contributed by atoms with Crippen LogP contribution in [0.1, 0.15) is 12.0 Å². The number of hydroxylamine groups is 1. The average Bonchev–Trinajstić information content (AvgIpc) is 2.34. The van der Waals surface area contributed by atoms with Gasteiger partial charge in [0.1, 0.15) is 0 Å². The van der Waals surface area contributed by atoms with Gasteiger partial charge in [-0.05, 0) is 18.4 Å². The molecule has 0 radical (unpaired) electrons. The first-order valence-electron chi connectivity index (χ1n) is 5.23. The Kier molecular flexibility index (Phi) is 6.11. The van der Waals surface area contributed by atoms with Gasteiger partial charge in [-0.15, -0.1) is 0 Å². The number of nitrogens with zero attached hydrogens (tertiary/aromatic N) is 1. The molecule has 0 aromatic heterocycles. The summed E-state index contributed by atoms with van der Waals surface area (Å²) < 4.78 is 0. The van der Waals surface area contributed by atoms with Crippen LogP contribution in [0.15, 0.2) is 35.3 Å². The number of hydrogen-bond acceptors (Lipinski definition) is 4. The molecule has 1 N–H and O–H groups in total. The van der Waals surface area contributed by atoms with Gasteiger partial charge in [0.25, 0.3) is 0 Å². The predicted octanol–water partition coefficient (Wildman–Crippen LogP) is 1.47. The van der Waals surface area contributed by atoms with Gasteiger partial charge in [-0.3, -0.25) is 0 Å². The van der Waals surface area contributed by atoms with Crippen molar-refractivity contribution in [1.82, 2.24) is 5.48 Å². The fourth-order valence-electron chi connectivity index (χ4n) is 1.49. The van der Waals surface area contributed by atoms with E-state index >= 15 is 0 Å². The molecule has 0 spiro atoms. The minimum absolute atomic E-state index is 0.0478. The van der Waals surface area contributed by atoms with Crippen molar-refractivity contribution in [3.05, 3.63) is 35.9 Å². The van der Waals surface area contributed by atoms with E-state index in [9.17, 15) is 4.79 Å². The number of carbonyl (C=O) groups excluding carboxylic acids is 1. The van der Waals surface area contributed by atoms with Crippen LogP contribution in [0.2, 0.25) is 0 Å². The Morgan fingerprint density at radius 2 is 2.19 bits per heavy atom. The maximum absolute atomic E-state index is 10.0. The first-order valence-corrected chi connectivity index (χ1v) is 5.23. The molecule has 4 heteroatoms. The first kappa shape index (κ1) is 12.6. The molecule has 0 amide bonds. The summed E-state index contributed by atoms with van der Waals surface area (Å²) in [5.74, 6) is 0. The molecule has 0 saturated carbocycles. The SMILES string of the molecule is CONC(CCc1ccccc1)CN=C=O. The average molecular weight is 220 g/mol. The van der Waals surface area contributed by atoms with E-state index in [0.717, 1.165) is 12.8 Å². The van der Waals surface area contributed by atoms with Crippen LogP contribution in [0.25, 0.3) is 0 Å². The monoisotopic (exact) mass is 220 g/mol. The number of aryl methyl sites for hydroxylation is 1. The van der Waals surface area contributed by atoms with Gasteiger partial charge < -0.3 is 4.84 Å². The number of isocyanates is 1. The van der Waals surface area contributed by atoms with Gasteiger partial charge in [0, 0.05) is 0 Å². The van der Waals surface area contributed by atoms with Gasteiger partial charge >= 0.3 is 0 Å². The Bertz CT molecular complexity index is 334. The lowest BCUT2D eigenvalue weighted by molar-refractivity contribution is 0.0608. The van der Waals surface area contributed by atoms with E-state index in [-0.39, 0.29) is 6.04 Å². The summed E-state index contributed by atoms with van der Waals surface area (Å²) in [6, 6.07) is 10.2.